The van der Waals surface area contributed by atoms with E-state index in [1.807, 2.05) is 4.90 Å². The summed E-state index contributed by atoms with van der Waals surface area (Å²) < 4.78 is 62.6. The zero-order valence-corrected chi connectivity index (χ0v) is 20.0. The molecule has 172 valence electrons. The van der Waals surface area contributed by atoms with Crippen molar-refractivity contribution >= 4 is 40.0 Å². The van der Waals surface area contributed by atoms with Crippen LogP contribution < -0.4 is 10.1 Å². The molecule has 0 spiro atoms. The predicted molar refractivity (Wildman–Crippen MR) is 121 cm³/mol. The van der Waals surface area contributed by atoms with E-state index in [1.165, 1.54) is 22.7 Å². The number of halogens is 3. The molecule has 0 unspecified atom stereocenters. The minimum atomic E-state index is -3.47. The third-order valence-corrected chi connectivity index (χ3v) is 6.32. The van der Waals surface area contributed by atoms with E-state index in [9.17, 15) is 17.2 Å². The number of nitrogens with zero attached hydrogens (tertiary/aromatic N) is 4. The number of hydrogen-bond donors (Lipinski definition) is 1. The number of ether oxygens (including phenoxy) is 1. The van der Waals surface area contributed by atoms with Gasteiger partial charge in [0.05, 0.1) is 12.2 Å². The molecule has 1 aliphatic rings. The average molecular weight is 571 g/mol. The Balaban J connectivity index is 0.00000341. The van der Waals surface area contributed by atoms with Gasteiger partial charge in [0, 0.05) is 45.4 Å². The third kappa shape index (κ3) is 7.00. The van der Waals surface area contributed by atoms with Crippen LogP contribution in [-0.4, -0.2) is 75.1 Å². The lowest BCUT2D eigenvalue weighted by atomic mass is 10.3. The number of rotatable bonds is 7. The van der Waals surface area contributed by atoms with Crippen LogP contribution in [0.15, 0.2) is 40.0 Å². The van der Waals surface area contributed by atoms with Gasteiger partial charge >= 0.3 is 0 Å². The first kappa shape index (κ1) is 25.3. The van der Waals surface area contributed by atoms with Gasteiger partial charge in [0.25, 0.3) is 0 Å². The number of aromatic nitrogens is 1. The van der Waals surface area contributed by atoms with Crippen molar-refractivity contribution in [3.8, 4) is 5.75 Å². The highest BCUT2D eigenvalue weighted by molar-refractivity contribution is 14.0. The summed E-state index contributed by atoms with van der Waals surface area (Å²) in [6, 6.07) is 4.88. The van der Waals surface area contributed by atoms with Gasteiger partial charge < -0.3 is 19.5 Å². The first-order chi connectivity index (χ1) is 14.4. The Morgan fingerprint density at radius 1 is 1.23 bits per heavy atom. The smallest absolute Gasteiger partial charge is 0.220 e. The van der Waals surface area contributed by atoms with E-state index < -0.39 is 21.7 Å². The van der Waals surface area contributed by atoms with E-state index in [0.29, 0.717) is 44.4 Å². The van der Waals surface area contributed by atoms with Crippen LogP contribution in [0.5, 0.6) is 5.75 Å². The summed E-state index contributed by atoms with van der Waals surface area (Å²) in [7, 11) is -1.84. The first-order valence-electron chi connectivity index (χ1n) is 9.29. The molecule has 9 nitrogen and oxygen atoms in total. The molecule has 0 radical (unpaired) electrons. The molecule has 1 N–H and O–H groups in total. The van der Waals surface area contributed by atoms with E-state index in [1.54, 1.807) is 7.05 Å². The second-order valence-corrected chi connectivity index (χ2v) is 8.50. The van der Waals surface area contributed by atoms with Crippen LogP contribution in [0.4, 0.5) is 8.78 Å². The molecule has 0 atom stereocenters. The van der Waals surface area contributed by atoms with E-state index in [0.717, 1.165) is 12.1 Å². The second kappa shape index (κ2) is 11.6. The predicted octanol–water partition coefficient (Wildman–Crippen LogP) is 1.67. The molecular weight excluding hydrogens is 547 g/mol. The summed E-state index contributed by atoms with van der Waals surface area (Å²) in [6.45, 7) is 2.20. The normalized spacial score (nSPS) is 15.5. The molecule has 0 aliphatic carbocycles. The zero-order valence-electron chi connectivity index (χ0n) is 16.8. The van der Waals surface area contributed by atoms with Crippen LogP contribution in [0, 0.1) is 11.6 Å². The second-order valence-electron chi connectivity index (χ2n) is 6.53. The van der Waals surface area contributed by atoms with Gasteiger partial charge in [-0.05, 0) is 12.1 Å². The molecule has 1 aromatic heterocycles. The fourth-order valence-electron chi connectivity index (χ4n) is 3.00. The van der Waals surface area contributed by atoms with Gasteiger partial charge in [-0.25, -0.2) is 17.2 Å². The van der Waals surface area contributed by atoms with Crippen molar-refractivity contribution in [1.82, 2.24) is 19.7 Å². The van der Waals surface area contributed by atoms with Crippen LogP contribution in [0.2, 0.25) is 0 Å². The largest absolute Gasteiger partial charge is 0.492 e. The number of hydrogen-bond acceptors (Lipinski definition) is 6. The van der Waals surface area contributed by atoms with Gasteiger partial charge in [0.1, 0.15) is 24.4 Å². The minimum absolute atomic E-state index is 0. The topological polar surface area (TPSA) is 100 Å². The molecule has 13 heteroatoms. The lowest BCUT2D eigenvalue weighted by molar-refractivity contribution is 0.257. The summed E-state index contributed by atoms with van der Waals surface area (Å²) in [5.74, 6) is -1.25. The van der Waals surface area contributed by atoms with Crippen molar-refractivity contribution in [1.29, 1.82) is 0 Å². The monoisotopic (exact) mass is 571 g/mol. The lowest BCUT2D eigenvalue weighted by Gasteiger charge is -2.35. The summed E-state index contributed by atoms with van der Waals surface area (Å²) >= 11 is 0. The quantitative estimate of drug-likeness (QED) is 0.234. The Bertz CT molecular complexity index is 967. The maximum atomic E-state index is 13.2. The Morgan fingerprint density at radius 3 is 2.58 bits per heavy atom. The van der Waals surface area contributed by atoms with Crippen LogP contribution in [0.1, 0.15) is 5.69 Å². The summed E-state index contributed by atoms with van der Waals surface area (Å²) in [5.41, 5.74) is 0.371. The summed E-state index contributed by atoms with van der Waals surface area (Å²) in [4.78, 5) is 6.15. The van der Waals surface area contributed by atoms with Crippen LogP contribution in [0.3, 0.4) is 0 Å². The fraction of sp³-hybridized carbons (Fsp3) is 0.444. The van der Waals surface area contributed by atoms with Crippen LogP contribution in [0.25, 0.3) is 0 Å². The molecule has 1 aliphatic heterocycles. The van der Waals surface area contributed by atoms with Gasteiger partial charge in [-0.1, -0.05) is 5.16 Å². The zero-order chi connectivity index (χ0) is 21.6. The number of benzene rings is 1. The van der Waals surface area contributed by atoms with Gasteiger partial charge in [-0.15, -0.1) is 24.0 Å². The third-order valence-electron chi connectivity index (χ3n) is 4.51. The number of guanidine groups is 1. The molecule has 2 aromatic rings. The van der Waals surface area contributed by atoms with Crippen molar-refractivity contribution < 1.29 is 26.5 Å². The Labute approximate surface area is 196 Å². The van der Waals surface area contributed by atoms with E-state index in [-0.39, 0.29) is 42.1 Å². The molecule has 0 bridgehead atoms. The van der Waals surface area contributed by atoms with E-state index in [4.69, 9.17) is 4.74 Å². The SMILES string of the molecule is CN=C(NCCOc1ccc(F)c(F)c1)N1CCN(S(=O)(=O)Cc2ccon2)CC1.I. The van der Waals surface area contributed by atoms with Crippen molar-refractivity contribution in [2.45, 2.75) is 5.75 Å². The molecule has 1 saturated heterocycles. The van der Waals surface area contributed by atoms with Gasteiger partial charge in [-0.3, -0.25) is 4.99 Å². The Hall–Kier alpha value is -2.00. The first-order valence-corrected chi connectivity index (χ1v) is 10.9. The highest BCUT2D eigenvalue weighted by atomic mass is 127. The molecule has 0 saturated carbocycles. The maximum Gasteiger partial charge on any atom is 0.220 e. The molecule has 31 heavy (non-hydrogen) atoms. The van der Waals surface area contributed by atoms with E-state index >= 15 is 0 Å². The van der Waals surface area contributed by atoms with Crippen LogP contribution >= 0.6 is 24.0 Å². The summed E-state index contributed by atoms with van der Waals surface area (Å²) in [5, 5.41) is 6.77. The van der Waals surface area contributed by atoms with Crippen molar-refractivity contribution in [2.75, 3.05) is 46.4 Å². The molecule has 0 amide bonds. The van der Waals surface area contributed by atoms with Crippen LogP contribution in [-0.2, 0) is 15.8 Å². The number of sulfonamides is 1. The standard InChI is InChI=1S/C18H23F2N5O4S.HI/c1-21-18(22-5-11-28-15-2-3-16(19)17(20)12-15)24-6-8-25(9-7-24)30(26,27)13-14-4-10-29-23-14;/h2-4,10,12H,5-9,11,13H2,1H3,(H,21,22);1H. The molecule has 3 rings (SSSR count). The average Bonchev–Trinajstić information content (AvgIpc) is 3.23. The van der Waals surface area contributed by atoms with Crippen molar-refractivity contribution in [3.05, 3.63) is 47.9 Å². The van der Waals surface area contributed by atoms with Gasteiger partial charge in [-0.2, -0.15) is 4.31 Å². The molecule has 2 heterocycles. The minimum Gasteiger partial charge on any atom is -0.492 e. The van der Waals surface area contributed by atoms with Crippen molar-refractivity contribution in [2.24, 2.45) is 4.99 Å². The number of nitrogens with one attached hydrogen (secondary N) is 1. The molecular formula is C18H24F2IN5O4S. The maximum absolute atomic E-state index is 13.2. The highest BCUT2D eigenvalue weighted by Gasteiger charge is 2.28. The highest BCUT2D eigenvalue weighted by Crippen LogP contribution is 2.15. The molecule has 1 aromatic carbocycles. The van der Waals surface area contributed by atoms with Crippen molar-refractivity contribution in [3.63, 3.8) is 0 Å². The Morgan fingerprint density at radius 2 is 1.97 bits per heavy atom. The fourth-order valence-corrected chi connectivity index (χ4v) is 4.42. The van der Waals surface area contributed by atoms with E-state index in [2.05, 4.69) is 20.0 Å². The van der Waals surface area contributed by atoms with Gasteiger partial charge in [0.2, 0.25) is 10.0 Å². The number of piperazine rings is 1. The lowest BCUT2D eigenvalue weighted by Crippen LogP contribution is -2.54. The number of aliphatic imine (C=N–C) groups is 1. The molecule has 1 fully saturated rings. The Kier molecular flexibility index (Phi) is 9.43. The van der Waals surface area contributed by atoms with Gasteiger partial charge in [0.15, 0.2) is 17.6 Å². The summed E-state index contributed by atoms with van der Waals surface area (Å²) in [6.07, 6.45) is 1.34.